The summed E-state index contributed by atoms with van der Waals surface area (Å²) in [5.41, 5.74) is 11.5. The predicted molar refractivity (Wildman–Crippen MR) is 138 cm³/mol. The molecule has 0 amide bonds. The molecule has 6 heterocycles. The average molecular weight is 615 g/mol. The number of alkyl halides is 2. The zero-order valence-electron chi connectivity index (χ0n) is 21.0. The fraction of sp³-hybridized carbons (Fsp3) is 0.500. The molecule has 2 saturated heterocycles. The molecule has 5 N–H and O–H groups in total. The van der Waals surface area contributed by atoms with Crippen LogP contribution in [0.25, 0.3) is 22.3 Å². The van der Waals surface area contributed by atoms with E-state index in [2.05, 4.69) is 29.9 Å². The number of imidazole rings is 2. The minimum atomic E-state index is -3.01. The molecule has 4 aromatic heterocycles. The Kier molecular flexibility index (Phi) is 7.58. The van der Waals surface area contributed by atoms with Gasteiger partial charge in [-0.2, -0.15) is 4.98 Å². The first-order valence-electron chi connectivity index (χ1n) is 12.1. The number of rotatable bonds is 4. The maximum absolute atomic E-state index is 15.4. The number of hydrogen-bond donors (Lipinski definition) is 3. The highest BCUT2D eigenvalue weighted by Crippen LogP contribution is 2.43. The number of halogens is 2. The molecule has 2 fully saturated rings. The fourth-order valence-corrected chi connectivity index (χ4v) is 6.06. The minimum absolute atomic E-state index is 0.0223. The van der Waals surface area contributed by atoms with Crippen molar-refractivity contribution in [1.82, 2.24) is 39.0 Å². The third-order valence-electron chi connectivity index (χ3n) is 6.44. The van der Waals surface area contributed by atoms with Crippen molar-refractivity contribution < 1.29 is 36.4 Å². The largest absolute Gasteiger partial charge is 0.698 e. The molecule has 3 unspecified atom stereocenters. The van der Waals surface area contributed by atoms with E-state index in [1.165, 1.54) is 28.1 Å². The third-order valence-corrected chi connectivity index (χ3v) is 8.17. The van der Waals surface area contributed by atoms with Crippen LogP contribution in [0.5, 0.6) is 0 Å². The summed E-state index contributed by atoms with van der Waals surface area (Å²) in [5, 5.41) is 0. The Morgan fingerprint density at radius 2 is 2.00 bits per heavy atom. The van der Waals surface area contributed by atoms with Crippen LogP contribution in [0.1, 0.15) is 19.4 Å². The van der Waals surface area contributed by atoms with Gasteiger partial charge in [0.1, 0.15) is 37.0 Å². The highest BCUT2D eigenvalue weighted by Gasteiger charge is 2.54. The van der Waals surface area contributed by atoms with Gasteiger partial charge in [0.2, 0.25) is 5.95 Å². The van der Waals surface area contributed by atoms with Crippen molar-refractivity contribution in [1.29, 1.82) is 0 Å². The van der Waals surface area contributed by atoms with E-state index in [1.807, 2.05) is 0 Å². The van der Waals surface area contributed by atoms with Gasteiger partial charge in [0.15, 0.2) is 47.4 Å². The van der Waals surface area contributed by atoms with Gasteiger partial charge in [-0.3, -0.25) is 18.9 Å². The SMILES string of the molecule is C[C@@H](O[C@@H]1CO[P+](=O)O[C@@H]2[C@H](F)C(OPC[C@H]1F)O[C@H]2n1cnc2c(=O)[nH]c(N)nc21)n1cnc2c(N)ncnc21. The van der Waals surface area contributed by atoms with Crippen molar-refractivity contribution in [3.8, 4) is 0 Å². The van der Waals surface area contributed by atoms with E-state index in [1.54, 1.807) is 6.92 Å². The van der Waals surface area contributed by atoms with Crippen LogP contribution in [0.15, 0.2) is 23.8 Å². The van der Waals surface area contributed by atoms with Crippen LogP contribution in [0.4, 0.5) is 20.5 Å². The maximum Gasteiger partial charge on any atom is 0.698 e. The predicted octanol–water partition coefficient (Wildman–Crippen LogP) is 1.24. The molecular weight excluding hydrogens is 592 g/mol. The molecule has 2 bridgehead atoms. The lowest BCUT2D eigenvalue weighted by molar-refractivity contribution is -0.109. The van der Waals surface area contributed by atoms with E-state index in [4.69, 9.17) is 34.5 Å². The number of nitrogen functional groups attached to an aromatic ring is 2. The average Bonchev–Trinajstić information content (AvgIpc) is 3.63. The van der Waals surface area contributed by atoms with Crippen LogP contribution in [-0.4, -0.2) is 82.6 Å². The molecule has 9 atom stereocenters. The van der Waals surface area contributed by atoms with E-state index >= 15 is 8.78 Å². The fourth-order valence-electron chi connectivity index (χ4n) is 4.45. The van der Waals surface area contributed by atoms with Crippen LogP contribution in [-0.2, 0) is 27.6 Å². The maximum atomic E-state index is 15.4. The van der Waals surface area contributed by atoms with Crippen LogP contribution >= 0.6 is 17.1 Å². The summed E-state index contributed by atoms with van der Waals surface area (Å²) in [7, 11) is -3.56. The normalized spacial score (nSPS) is 30.0. The minimum Gasteiger partial charge on any atom is -0.382 e. The number of fused-ring (bicyclic) bond motifs is 4. The first-order valence-corrected chi connectivity index (χ1v) is 14.3. The first kappa shape index (κ1) is 27.8. The molecule has 0 spiro atoms. The van der Waals surface area contributed by atoms with E-state index in [-0.39, 0.29) is 29.1 Å². The molecule has 6 rings (SSSR count). The zero-order chi connectivity index (χ0) is 28.8. The topological polar surface area (TPSA) is 222 Å². The number of nitrogens with zero attached hydrogens (tertiary/aromatic N) is 7. The quantitative estimate of drug-likeness (QED) is 0.275. The second-order valence-corrected chi connectivity index (χ2v) is 10.9. The van der Waals surface area contributed by atoms with Crippen molar-refractivity contribution in [2.75, 3.05) is 24.2 Å². The van der Waals surface area contributed by atoms with Gasteiger partial charge < -0.3 is 25.5 Å². The van der Waals surface area contributed by atoms with Crippen LogP contribution in [0.2, 0.25) is 0 Å². The lowest BCUT2D eigenvalue weighted by Gasteiger charge is -2.25. The van der Waals surface area contributed by atoms with Gasteiger partial charge in [0.05, 0.1) is 12.7 Å². The number of anilines is 2. The molecule has 41 heavy (non-hydrogen) atoms. The van der Waals surface area contributed by atoms with Gasteiger partial charge in [-0.25, -0.2) is 28.7 Å². The lowest BCUT2D eigenvalue weighted by atomic mass is 10.2. The summed E-state index contributed by atoms with van der Waals surface area (Å²) in [4.78, 5) is 34.7. The number of nitrogens with one attached hydrogen (secondary N) is 1. The summed E-state index contributed by atoms with van der Waals surface area (Å²) >= 11 is 0. The molecule has 17 nitrogen and oxygen atoms in total. The summed E-state index contributed by atoms with van der Waals surface area (Å²) in [6.07, 6.45) is -6.37. The molecule has 21 heteroatoms. The highest BCUT2D eigenvalue weighted by atomic mass is 31.1. The zero-order valence-corrected chi connectivity index (χ0v) is 22.9. The van der Waals surface area contributed by atoms with Gasteiger partial charge in [-0.05, 0) is 6.92 Å². The Bertz CT molecular complexity index is 1660. The standard InChI is InChI=1S/C20H22F2N10O7P2/c1-7(31-5-27-11-14(23)25-4-26-15(11)31)36-9-2-35-41(34)39-13-10(22)19(38-40-3-8(9)21)37-18(13)32-6-28-12-16(32)29-20(24)30-17(12)33/h4-10,13,18-19,40H,2-3H2,1H3,(H4-,23,24,25,26,29,30,33)/p+1/t7-,8-,9-,10+,13-,18-,19?/m1/s1. The Labute approximate surface area is 230 Å². The Balaban J connectivity index is 1.22. The lowest BCUT2D eigenvalue weighted by Crippen LogP contribution is -2.35. The van der Waals surface area contributed by atoms with Crippen molar-refractivity contribution in [3.05, 3.63) is 29.3 Å². The number of nitrogens with two attached hydrogens (primary N) is 2. The number of aromatic nitrogens is 8. The van der Waals surface area contributed by atoms with Gasteiger partial charge in [0, 0.05) is 19.5 Å². The van der Waals surface area contributed by atoms with Crippen LogP contribution < -0.4 is 17.0 Å². The molecule has 0 radical (unpaired) electrons. The Morgan fingerprint density at radius 1 is 1.20 bits per heavy atom. The van der Waals surface area contributed by atoms with Crippen molar-refractivity contribution >= 4 is 51.2 Å². The smallest absolute Gasteiger partial charge is 0.382 e. The molecular formula is C20H23F2N10O7P2+. The monoisotopic (exact) mass is 615 g/mol. The molecule has 0 saturated carbocycles. The summed E-state index contributed by atoms with van der Waals surface area (Å²) in [6, 6.07) is 0. The van der Waals surface area contributed by atoms with E-state index < -0.39 is 72.5 Å². The number of H-pyrrole nitrogens is 1. The summed E-state index contributed by atoms with van der Waals surface area (Å²) in [5.74, 6) is -0.0397. The van der Waals surface area contributed by atoms with Gasteiger partial charge in [-0.15, -0.1) is 9.05 Å². The van der Waals surface area contributed by atoms with E-state index in [9.17, 15) is 9.36 Å². The second-order valence-electron chi connectivity index (χ2n) is 9.04. The third kappa shape index (κ3) is 5.25. The molecule has 4 aromatic rings. The second kappa shape index (κ2) is 11.2. The molecule has 0 aromatic carbocycles. The van der Waals surface area contributed by atoms with E-state index in [0.717, 1.165) is 0 Å². The first-order chi connectivity index (χ1) is 19.7. The number of ether oxygens (including phenoxy) is 2. The van der Waals surface area contributed by atoms with Crippen molar-refractivity contribution in [2.24, 2.45) is 0 Å². The summed E-state index contributed by atoms with van der Waals surface area (Å²) < 4.78 is 74.1. The Hall–Kier alpha value is -3.31. The molecule has 218 valence electrons. The van der Waals surface area contributed by atoms with Gasteiger partial charge >= 0.3 is 8.25 Å². The van der Waals surface area contributed by atoms with Gasteiger partial charge in [-0.1, -0.05) is 0 Å². The Morgan fingerprint density at radius 3 is 2.83 bits per heavy atom. The summed E-state index contributed by atoms with van der Waals surface area (Å²) in [6.45, 7) is 1.13. The highest BCUT2D eigenvalue weighted by molar-refractivity contribution is 7.33. The van der Waals surface area contributed by atoms with E-state index in [0.29, 0.717) is 11.2 Å². The van der Waals surface area contributed by atoms with Crippen LogP contribution in [0.3, 0.4) is 0 Å². The van der Waals surface area contributed by atoms with Crippen molar-refractivity contribution in [3.63, 3.8) is 0 Å². The molecule has 2 aliphatic heterocycles. The number of hydrogen-bond acceptors (Lipinski definition) is 14. The number of aromatic amines is 1. The molecule has 2 aliphatic rings. The van der Waals surface area contributed by atoms with Crippen molar-refractivity contribution in [2.45, 2.75) is 50.2 Å². The van der Waals surface area contributed by atoms with Crippen LogP contribution in [0, 0.1) is 0 Å². The molecule has 0 aliphatic carbocycles. The van der Waals surface area contributed by atoms with Gasteiger partial charge in [0.25, 0.3) is 5.56 Å².